The molecule has 2 aliphatic rings. The van der Waals surface area contributed by atoms with Crippen molar-refractivity contribution in [2.75, 3.05) is 5.32 Å². The second-order valence-corrected chi connectivity index (χ2v) is 10.6. The van der Waals surface area contributed by atoms with E-state index in [1.165, 1.54) is 54.1 Å². The molecule has 0 spiro atoms. The number of aliphatic hydroxyl groups excluding tert-OH is 1. The van der Waals surface area contributed by atoms with Crippen molar-refractivity contribution in [3.05, 3.63) is 70.9 Å². The van der Waals surface area contributed by atoms with Crippen LogP contribution in [0.3, 0.4) is 0 Å². The number of amides is 1. The number of fused-ring (bicyclic) bond motifs is 2. The Bertz CT molecular complexity index is 1230. The average molecular weight is 501 g/mol. The monoisotopic (exact) mass is 500 g/mol. The van der Waals surface area contributed by atoms with E-state index in [0.29, 0.717) is 11.8 Å². The van der Waals surface area contributed by atoms with E-state index in [2.05, 4.69) is 48.0 Å². The lowest BCUT2D eigenvalue weighted by Crippen LogP contribution is -2.15. The first-order valence-electron chi connectivity index (χ1n) is 14.4. The van der Waals surface area contributed by atoms with Crippen molar-refractivity contribution in [2.24, 2.45) is 5.92 Å². The third kappa shape index (κ3) is 6.35. The van der Waals surface area contributed by atoms with Crippen molar-refractivity contribution < 1.29 is 9.90 Å². The predicted molar refractivity (Wildman–Crippen MR) is 156 cm³/mol. The number of benzene rings is 2. The molecule has 1 heterocycles. The number of carbonyl (C=O) groups is 1. The van der Waals surface area contributed by atoms with Crippen LogP contribution < -0.4 is 5.32 Å². The van der Waals surface area contributed by atoms with E-state index in [0.717, 1.165) is 42.8 Å². The molecule has 2 N–H and O–H groups in total. The van der Waals surface area contributed by atoms with E-state index in [1.54, 1.807) is 6.08 Å². The number of aliphatic hydroxyl groups is 1. The van der Waals surface area contributed by atoms with Crippen LogP contribution in [0.2, 0.25) is 0 Å². The molecule has 5 rings (SSSR count). The lowest BCUT2D eigenvalue weighted by molar-refractivity contribution is -0.111. The number of rotatable bonds is 7. The van der Waals surface area contributed by atoms with Gasteiger partial charge in [0.05, 0.1) is 6.10 Å². The first-order chi connectivity index (χ1) is 18.0. The molecular weight excluding hydrogens is 456 g/mol. The molecule has 2 aromatic carbocycles. The molecule has 198 valence electrons. The van der Waals surface area contributed by atoms with E-state index in [1.807, 2.05) is 38.1 Å². The molecule has 0 aliphatic heterocycles. The molecule has 1 amide bonds. The predicted octanol–water partition coefficient (Wildman–Crippen LogP) is 8.39. The lowest BCUT2D eigenvalue weighted by atomic mass is 9.89. The van der Waals surface area contributed by atoms with Gasteiger partial charge in [-0.1, -0.05) is 59.1 Å². The third-order valence-electron chi connectivity index (χ3n) is 8.17. The van der Waals surface area contributed by atoms with Gasteiger partial charge in [-0.15, -0.1) is 0 Å². The van der Waals surface area contributed by atoms with E-state index in [4.69, 9.17) is 0 Å². The van der Waals surface area contributed by atoms with Gasteiger partial charge in [-0.2, -0.15) is 0 Å². The Labute approximate surface area is 222 Å². The number of aryl methyl sites for hydroxylation is 1. The van der Waals surface area contributed by atoms with Gasteiger partial charge in [0.2, 0.25) is 5.91 Å². The summed E-state index contributed by atoms with van der Waals surface area (Å²) in [4.78, 5) is 12.8. The zero-order valence-electron chi connectivity index (χ0n) is 23.1. The Morgan fingerprint density at radius 1 is 1.08 bits per heavy atom. The maximum absolute atomic E-state index is 12.8. The maximum atomic E-state index is 12.8. The Kier molecular flexibility index (Phi) is 9.26. The molecule has 0 radical (unpaired) electrons. The molecule has 2 aliphatic carbocycles. The molecule has 37 heavy (non-hydrogen) atoms. The largest absolute Gasteiger partial charge is 0.388 e. The van der Waals surface area contributed by atoms with Crippen LogP contribution in [0.15, 0.2) is 48.5 Å². The summed E-state index contributed by atoms with van der Waals surface area (Å²) in [7, 11) is 0. The maximum Gasteiger partial charge on any atom is 0.248 e. The van der Waals surface area contributed by atoms with Crippen LogP contribution in [0.25, 0.3) is 17.0 Å². The van der Waals surface area contributed by atoms with Gasteiger partial charge in [-0.05, 0) is 97.0 Å². The minimum atomic E-state index is -0.423. The second-order valence-electron chi connectivity index (χ2n) is 10.6. The van der Waals surface area contributed by atoms with Crippen LogP contribution in [0.5, 0.6) is 0 Å². The Hall–Kier alpha value is -2.85. The highest BCUT2D eigenvalue weighted by Gasteiger charge is 2.21. The number of hydrogen-bond donors (Lipinski definition) is 2. The van der Waals surface area contributed by atoms with Crippen LogP contribution in [0.4, 0.5) is 5.69 Å². The third-order valence-corrected chi connectivity index (χ3v) is 8.17. The molecule has 3 aromatic rings. The van der Waals surface area contributed by atoms with Gasteiger partial charge in [-0.25, -0.2) is 0 Å². The fourth-order valence-corrected chi connectivity index (χ4v) is 5.83. The molecule has 0 saturated heterocycles. The zero-order chi connectivity index (χ0) is 26.4. The van der Waals surface area contributed by atoms with E-state index < -0.39 is 6.10 Å². The van der Waals surface area contributed by atoms with Crippen molar-refractivity contribution in [1.29, 1.82) is 0 Å². The van der Waals surface area contributed by atoms with Crippen LogP contribution in [-0.4, -0.2) is 15.6 Å². The highest BCUT2D eigenvalue weighted by Crippen LogP contribution is 2.33. The smallest absolute Gasteiger partial charge is 0.248 e. The molecule has 1 aromatic heterocycles. The SMILES string of the molecule is CC.CCC(C)c1ccc2c(c1)cc(/C=C/C(=O)Nc1ccc3c(c1)C(O)CC3)n2CC1CCCCC1. The van der Waals surface area contributed by atoms with Crippen molar-refractivity contribution in [3.8, 4) is 0 Å². The number of hydrogen-bond acceptors (Lipinski definition) is 2. The van der Waals surface area contributed by atoms with Crippen molar-refractivity contribution >= 4 is 28.6 Å². The molecular formula is C33H44N2O2. The number of carbonyl (C=O) groups excluding carboxylic acids is 1. The van der Waals surface area contributed by atoms with E-state index in [-0.39, 0.29) is 5.91 Å². The number of anilines is 1. The van der Waals surface area contributed by atoms with Gasteiger partial charge in [0, 0.05) is 34.9 Å². The minimum absolute atomic E-state index is 0.146. The number of aromatic nitrogens is 1. The van der Waals surface area contributed by atoms with Gasteiger partial charge in [-0.3, -0.25) is 4.79 Å². The van der Waals surface area contributed by atoms with Gasteiger partial charge in [0.1, 0.15) is 0 Å². The molecule has 4 heteroatoms. The summed E-state index contributed by atoms with van der Waals surface area (Å²) in [5, 5.41) is 14.4. The molecule has 2 unspecified atom stereocenters. The standard InChI is InChI=1S/C31H38N2O2.C2H6/c1-3-21(2)24-10-14-29-25(17-24)18-27(33(29)20-22-7-5-4-6-8-22)13-16-31(35)32-26-12-9-23-11-15-30(34)28(23)19-26;1-2/h9-10,12-14,16-19,21-22,30,34H,3-8,11,15,20H2,1-2H3,(H,32,35);1-2H3/b16-13+;. The summed E-state index contributed by atoms with van der Waals surface area (Å²) < 4.78 is 2.42. The molecule has 2 atom stereocenters. The van der Waals surface area contributed by atoms with Crippen LogP contribution in [0, 0.1) is 5.92 Å². The first-order valence-corrected chi connectivity index (χ1v) is 14.4. The Balaban J connectivity index is 0.00000156. The highest BCUT2D eigenvalue weighted by atomic mass is 16.3. The average Bonchev–Trinajstić information content (AvgIpc) is 3.48. The summed E-state index contributed by atoms with van der Waals surface area (Å²) in [6.07, 6.45) is 12.6. The summed E-state index contributed by atoms with van der Waals surface area (Å²) in [6.45, 7) is 9.52. The highest BCUT2D eigenvalue weighted by molar-refractivity contribution is 6.02. The van der Waals surface area contributed by atoms with Gasteiger partial charge in [0.15, 0.2) is 0 Å². The van der Waals surface area contributed by atoms with Crippen molar-refractivity contribution in [2.45, 2.75) is 97.6 Å². The number of nitrogens with one attached hydrogen (secondary N) is 1. The summed E-state index contributed by atoms with van der Waals surface area (Å²) in [5.41, 5.74) is 6.58. The van der Waals surface area contributed by atoms with Crippen molar-refractivity contribution in [1.82, 2.24) is 4.57 Å². The zero-order valence-corrected chi connectivity index (χ0v) is 23.1. The van der Waals surface area contributed by atoms with Gasteiger partial charge in [0.25, 0.3) is 0 Å². The first kappa shape index (κ1) is 27.2. The fourth-order valence-electron chi connectivity index (χ4n) is 5.83. The summed E-state index contributed by atoms with van der Waals surface area (Å²) in [5.74, 6) is 1.09. The van der Waals surface area contributed by atoms with Gasteiger partial charge < -0.3 is 15.0 Å². The quantitative estimate of drug-likeness (QED) is 0.320. The van der Waals surface area contributed by atoms with E-state index >= 15 is 0 Å². The minimum Gasteiger partial charge on any atom is -0.388 e. The molecule has 1 fully saturated rings. The van der Waals surface area contributed by atoms with E-state index in [9.17, 15) is 9.90 Å². The summed E-state index contributed by atoms with van der Waals surface area (Å²) in [6, 6.07) is 15.0. The number of nitrogens with zero attached hydrogens (tertiary/aromatic N) is 1. The topological polar surface area (TPSA) is 54.3 Å². The Morgan fingerprint density at radius 3 is 2.62 bits per heavy atom. The lowest BCUT2D eigenvalue weighted by Gasteiger charge is -2.23. The second kappa shape index (κ2) is 12.6. The summed E-state index contributed by atoms with van der Waals surface area (Å²) >= 11 is 0. The van der Waals surface area contributed by atoms with Crippen LogP contribution >= 0.6 is 0 Å². The molecule has 0 bridgehead atoms. The fraction of sp³-hybridized carbons (Fsp3) is 0.485. The van der Waals surface area contributed by atoms with Crippen LogP contribution in [-0.2, 0) is 17.8 Å². The molecule has 1 saturated carbocycles. The normalized spacial score (nSPS) is 18.5. The Morgan fingerprint density at radius 2 is 1.86 bits per heavy atom. The van der Waals surface area contributed by atoms with Crippen LogP contribution in [0.1, 0.15) is 107 Å². The van der Waals surface area contributed by atoms with Crippen molar-refractivity contribution in [3.63, 3.8) is 0 Å². The van der Waals surface area contributed by atoms with Gasteiger partial charge >= 0.3 is 0 Å². The molecule has 4 nitrogen and oxygen atoms in total.